The topological polar surface area (TPSA) is 35.6 Å². The molecule has 8 heteroatoms. The highest BCUT2D eigenvalue weighted by Gasteiger charge is 2.39. The van der Waals surface area contributed by atoms with Gasteiger partial charge in [0.25, 0.3) is 7.59 Å². The van der Waals surface area contributed by atoms with Gasteiger partial charge >= 0.3 is 0 Å². The second-order valence-corrected chi connectivity index (χ2v) is 10.3. The smallest absolute Gasteiger partial charge is 0.270 e. The summed E-state index contributed by atoms with van der Waals surface area (Å²) in [5, 5.41) is 4.63. The highest BCUT2D eigenvalue weighted by Crippen LogP contribution is 2.53. The Labute approximate surface area is 175 Å². The first-order valence-electron chi connectivity index (χ1n) is 8.92. The molecule has 1 saturated heterocycles. The molecule has 1 fully saturated rings. The molecule has 0 saturated carbocycles. The molecule has 1 N–H and O–H groups in total. The molecule has 2 aromatic carbocycles. The van der Waals surface area contributed by atoms with Crippen LogP contribution in [-0.4, -0.2) is 34.9 Å². The highest BCUT2D eigenvalue weighted by molar-refractivity contribution is 7.57. The number of halogens is 3. The van der Waals surface area contributed by atoms with Crippen molar-refractivity contribution in [1.82, 2.24) is 14.4 Å². The molecule has 0 bridgehead atoms. The Bertz CT molecular complexity index is 726. The van der Waals surface area contributed by atoms with Crippen LogP contribution in [0.15, 0.2) is 48.5 Å². The molecule has 0 spiro atoms. The van der Waals surface area contributed by atoms with E-state index in [1.807, 2.05) is 57.9 Å². The van der Waals surface area contributed by atoms with Crippen molar-refractivity contribution in [3.63, 3.8) is 0 Å². The molecule has 4 nitrogen and oxygen atoms in total. The van der Waals surface area contributed by atoms with Gasteiger partial charge < -0.3 is 0 Å². The van der Waals surface area contributed by atoms with Gasteiger partial charge in [0, 0.05) is 48.6 Å². The summed E-state index contributed by atoms with van der Waals surface area (Å²) in [6.45, 7) is 3.23. The Morgan fingerprint density at radius 1 is 0.852 bits per heavy atom. The van der Waals surface area contributed by atoms with Crippen LogP contribution in [0.1, 0.15) is 17.5 Å². The van der Waals surface area contributed by atoms with Crippen molar-refractivity contribution in [2.75, 3.05) is 25.5 Å². The second kappa shape index (κ2) is 9.76. The van der Waals surface area contributed by atoms with Gasteiger partial charge in [-0.05, 0) is 41.8 Å². The standard InChI is InChI=1S/C19H23Cl3N3OP/c20-10-11-23-27(26)24(14-16-2-6-18(21)7-3-16)12-1-13-25(27)15-17-4-8-19(22)9-5-17/h2-9H,1,10-15H2,(H,23,26). The summed E-state index contributed by atoms with van der Waals surface area (Å²) in [6, 6.07) is 15.4. The van der Waals surface area contributed by atoms with Gasteiger partial charge in [-0.1, -0.05) is 47.5 Å². The average molecular weight is 447 g/mol. The summed E-state index contributed by atoms with van der Waals surface area (Å²) in [4.78, 5) is 0. The van der Waals surface area contributed by atoms with Gasteiger partial charge in [0.15, 0.2) is 0 Å². The highest BCUT2D eigenvalue weighted by atomic mass is 35.5. The lowest BCUT2D eigenvalue weighted by molar-refractivity contribution is 0.262. The normalized spacial score (nSPS) is 17.9. The molecule has 146 valence electrons. The largest absolute Gasteiger partial charge is 0.284 e. The third-order valence-corrected chi connectivity index (χ3v) is 8.11. The molecular formula is C19H23Cl3N3OP. The number of hydrogen-bond donors (Lipinski definition) is 1. The average Bonchev–Trinajstić information content (AvgIpc) is 2.67. The molecule has 1 heterocycles. The predicted molar refractivity (Wildman–Crippen MR) is 115 cm³/mol. The van der Waals surface area contributed by atoms with Gasteiger partial charge in [0.1, 0.15) is 0 Å². The van der Waals surface area contributed by atoms with Crippen molar-refractivity contribution in [2.24, 2.45) is 0 Å². The first-order chi connectivity index (χ1) is 13.0. The summed E-state index contributed by atoms with van der Waals surface area (Å²) in [6.07, 6.45) is 0.952. The van der Waals surface area contributed by atoms with E-state index in [-0.39, 0.29) is 0 Å². The molecule has 1 aliphatic rings. The van der Waals surface area contributed by atoms with Gasteiger partial charge in [-0.2, -0.15) is 0 Å². The van der Waals surface area contributed by atoms with Gasteiger partial charge in [-0.3, -0.25) is 4.57 Å². The number of benzene rings is 2. The lowest BCUT2D eigenvalue weighted by Gasteiger charge is -2.43. The van der Waals surface area contributed by atoms with Crippen LogP contribution in [0.25, 0.3) is 0 Å². The Morgan fingerprint density at radius 2 is 1.30 bits per heavy atom. The fraction of sp³-hybridized carbons (Fsp3) is 0.368. The van der Waals surface area contributed by atoms with Crippen molar-refractivity contribution in [3.05, 3.63) is 69.7 Å². The van der Waals surface area contributed by atoms with Crippen LogP contribution < -0.4 is 5.09 Å². The van der Waals surface area contributed by atoms with E-state index >= 15 is 0 Å². The third-order valence-electron chi connectivity index (χ3n) is 4.57. The molecule has 0 aromatic heterocycles. The minimum atomic E-state index is -2.94. The van der Waals surface area contributed by atoms with Crippen LogP contribution in [-0.2, 0) is 17.7 Å². The Hall–Kier alpha value is -0.580. The predicted octanol–water partition coefficient (Wildman–Crippen LogP) is 5.64. The van der Waals surface area contributed by atoms with E-state index in [4.69, 9.17) is 34.8 Å². The van der Waals surface area contributed by atoms with Crippen LogP contribution in [0.2, 0.25) is 10.0 Å². The zero-order valence-corrected chi connectivity index (χ0v) is 18.1. The quantitative estimate of drug-likeness (QED) is 0.441. The number of rotatable bonds is 7. The summed E-state index contributed by atoms with van der Waals surface area (Å²) in [5.41, 5.74) is 2.17. The second-order valence-electron chi connectivity index (χ2n) is 6.52. The zero-order valence-electron chi connectivity index (χ0n) is 15.0. The molecule has 0 radical (unpaired) electrons. The van der Waals surface area contributed by atoms with E-state index in [0.29, 0.717) is 35.6 Å². The van der Waals surface area contributed by atoms with Crippen LogP contribution in [0.3, 0.4) is 0 Å². The minimum Gasteiger partial charge on any atom is -0.270 e. The maximum Gasteiger partial charge on any atom is 0.284 e. The van der Waals surface area contributed by atoms with E-state index < -0.39 is 7.59 Å². The summed E-state index contributed by atoms with van der Waals surface area (Å²) in [7, 11) is -2.94. The number of nitrogens with zero attached hydrogens (tertiary/aromatic N) is 2. The lowest BCUT2D eigenvalue weighted by Crippen LogP contribution is -2.44. The number of nitrogens with one attached hydrogen (secondary N) is 1. The van der Waals surface area contributed by atoms with Crippen molar-refractivity contribution in [3.8, 4) is 0 Å². The summed E-state index contributed by atoms with van der Waals surface area (Å²) >= 11 is 17.9. The first kappa shape index (κ1) is 21.1. The summed E-state index contributed by atoms with van der Waals surface area (Å²) < 4.78 is 18.1. The Kier molecular flexibility index (Phi) is 7.64. The van der Waals surface area contributed by atoms with Gasteiger partial charge in [-0.15, -0.1) is 11.6 Å². The molecule has 27 heavy (non-hydrogen) atoms. The van der Waals surface area contributed by atoms with E-state index in [9.17, 15) is 4.57 Å². The first-order valence-corrected chi connectivity index (χ1v) is 11.8. The Balaban J connectivity index is 1.82. The molecule has 0 amide bonds. The SMILES string of the molecule is O=P1(NCCCl)N(Cc2ccc(Cl)cc2)CCCN1Cc1ccc(Cl)cc1. The van der Waals surface area contributed by atoms with E-state index in [2.05, 4.69) is 5.09 Å². The zero-order chi connectivity index (χ0) is 19.3. The van der Waals surface area contributed by atoms with Crippen molar-refractivity contribution in [1.29, 1.82) is 0 Å². The maximum absolute atomic E-state index is 14.0. The van der Waals surface area contributed by atoms with Crippen LogP contribution in [0.4, 0.5) is 0 Å². The van der Waals surface area contributed by atoms with Crippen LogP contribution >= 0.6 is 42.4 Å². The van der Waals surface area contributed by atoms with Crippen LogP contribution in [0, 0.1) is 0 Å². The molecule has 2 aromatic rings. The van der Waals surface area contributed by atoms with Gasteiger partial charge in [0.05, 0.1) is 0 Å². The van der Waals surface area contributed by atoms with Crippen molar-refractivity contribution < 1.29 is 4.57 Å². The molecule has 1 aliphatic heterocycles. The third kappa shape index (κ3) is 5.48. The van der Waals surface area contributed by atoms with Crippen molar-refractivity contribution in [2.45, 2.75) is 19.5 Å². The monoisotopic (exact) mass is 445 g/mol. The van der Waals surface area contributed by atoms with Crippen molar-refractivity contribution >= 4 is 42.4 Å². The molecule has 0 unspecified atom stereocenters. The maximum atomic E-state index is 14.0. The molecule has 0 aliphatic carbocycles. The fourth-order valence-corrected chi connectivity index (χ4v) is 6.40. The van der Waals surface area contributed by atoms with E-state index in [1.54, 1.807) is 0 Å². The number of hydrogen-bond acceptors (Lipinski definition) is 1. The molecular weight excluding hydrogens is 424 g/mol. The number of alkyl halides is 1. The van der Waals surface area contributed by atoms with Crippen LogP contribution in [0.5, 0.6) is 0 Å². The van der Waals surface area contributed by atoms with Gasteiger partial charge in [-0.25, -0.2) is 14.4 Å². The minimum absolute atomic E-state index is 0.410. The fourth-order valence-electron chi connectivity index (χ4n) is 3.22. The van der Waals surface area contributed by atoms with E-state index in [1.165, 1.54) is 0 Å². The lowest BCUT2D eigenvalue weighted by atomic mass is 10.2. The van der Waals surface area contributed by atoms with Gasteiger partial charge in [0.2, 0.25) is 0 Å². The molecule has 3 rings (SSSR count). The molecule has 0 atom stereocenters. The summed E-state index contributed by atoms with van der Waals surface area (Å²) in [5.74, 6) is 0.410. The Morgan fingerprint density at radius 3 is 1.70 bits per heavy atom. The van der Waals surface area contributed by atoms with E-state index in [0.717, 1.165) is 30.6 Å².